The Morgan fingerprint density at radius 3 is 2.64 bits per heavy atom. The molecule has 0 N–H and O–H groups in total. The van der Waals surface area contributed by atoms with E-state index in [0.29, 0.717) is 19.6 Å². The summed E-state index contributed by atoms with van der Waals surface area (Å²) in [4.78, 5) is 22.4. The molecular formula is C10H16O4. The van der Waals surface area contributed by atoms with Crippen molar-refractivity contribution in [1.82, 2.24) is 0 Å². The summed E-state index contributed by atoms with van der Waals surface area (Å²) in [6, 6.07) is 0. The van der Waals surface area contributed by atoms with Crippen molar-refractivity contribution in [2.45, 2.75) is 27.2 Å². The maximum absolute atomic E-state index is 11.4. The second-order valence-electron chi connectivity index (χ2n) is 4.68. The average molecular weight is 200 g/mol. The zero-order valence-electron chi connectivity index (χ0n) is 8.83. The average Bonchev–Trinajstić information content (AvgIpc) is 2.46. The highest BCUT2D eigenvalue weighted by Gasteiger charge is 2.35. The molecule has 0 aliphatic carbocycles. The van der Waals surface area contributed by atoms with Crippen LogP contribution in [0, 0.1) is 11.3 Å². The summed E-state index contributed by atoms with van der Waals surface area (Å²) in [5.74, 6) is -1.61. The predicted octanol–water partition coefficient (Wildman–Crippen LogP) is 1.14. The van der Waals surface area contributed by atoms with Crippen LogP contribution in [0.5, 0.6) is 0 Å². The lowest BCUT2D eigenvalue weighted by Gasteiger charge is -2.18. The van der Waals surface area contributed by atoms with Gasteiger partial charge in [-0.25, -0.2) is 0 Å². The molecule has 1 heterocycles. The van der Waals surface area contributed by atoms with Gasteiger partial charge in [0, 0.05) is 6.42 Å². The second-order valence-corrected chi connectivity index (χ2v) is 4.68. The summed E-state index contributed by atoms with van der Waals surface area (Å²) in [7, 11) is 0. The number of hydrogen-bond donors (Lipinski definition) is 0. The Morgan fingerprint density at radius 1 is 1.57 bits per heavy atom. The molecule has 1 rings (SSSR count). The summed E-state index contributed by atoms with van der Waals surface area (Å²) < 4.78 is 9.70. The van der Waals surface area contributed by atoms with Gasteiger partial charge in [-0.2, -0.15) is 0 Å². The van der Waals surface area contributed by atoms with Gasteiger partial charge in [-0.3, -0.25) is 9.59 Å². The molecule has 0 saturated carbocycles. The molecule has 0 radical (unpaired) electrons. The number of rotatable bonds is 2. The Labute approximate surface area is 83.6 Å². The number of hydrogen-bond acceptors (Lipinski definition) is 4. The lowest BCUT2D eigenvalue weighted by atomic mass is 9.98. The van der Waals surface area contributed by atoms with Crippen LogP contribution < -0.4 is 0 Å². The van der Waals surface area contributed by atoms with Crippen molar-refractivity contribution in [3.05, 3.63) is 0 Å². The van der Waals surface area contributed by atoms with Gasteiger partial charge in [0.2, 0.25) is 0 Å². The molecule has 0 spiro atoms. The fourth-order valence-corrected chi connectivity index (χ4v) is 1.10. The molecule has 1 atom stereocenters. The maximum Gasteiger partial charge on any atom is 0.320 e. The predicted molar refractivity (Wildman–Crippen MR) is 49.5 cm³/mol. The highest BCUT2D eigenvalue weighted by Crippen LogP contribution is 2.18. The molecule has 0 amide bonds. The molecule has 0 aromatic heterocycles. The van der Waals surface area contributed by atoms with Gasteiger partial charge in [-0.15, -0.1) is 0 Å². The molecule has 1 unspecified atom stereocenters. The molecule has 14 heavy (non-hydrogen) atoms. The van der Waals surface area contributed by atoms with Crippen molar-refractivity contribution in [1.29, 1.82) is 0 Å². The summed E-state index contributed by atoms with van der Waals surface area (Å²) >= 11 is 0. The molecule has 1 aliphatic rings. The minimum Gasteiger partial charge on any atom is -0.465 e. The summed E-state index contributed by atoms with van der Waals surface area (Å²) in [6.45, 7) is 6.55. The zero-order valence-corrected chi connectivity index (χ0v) is 8.83. The van der Waals surface area contributed by atoms with E-state index in [1.807, 2.05) is 20.8 Å². The van der Waals surface area contributed by atoms with E-state index in [1.165, 1.54) is 0 Å². The largest absolute Gasteiger partial charge is 0.465 e. The van der Waals surface area contributed by atoms with Crippen LogP contribution in [-0.4, -0.2) is 25.2 Å². The number of esters is 2. The van der Waals surface area contributed by atoms with Crippen LogP contribution in [0.4, 0.5) is 0 Å². The minimum atomic E-state index is -0.697. The Kier molecular flexibility index (Phi) is 3.13. The lowest BCUT2D eigenvalue weighted by Crippen LogP contribution is -2.26. The number of cyclic esters (lactones) is 1. The van der Waals surface area contributed by atoms with E-state index in [9.17, 15) is 9.59 Å². The summed E-state index contributed by atoms with van der Waals surface area (Å²) in [5.41, 5.74) is -0.0713. The van der Waals surface area contributed by atoms with Gasteiger partial charge in [0.05, 0.1) is 13.2 Å². The van der Waals surface area contributed by atoms with Crippen LogP contribution in [0.3, 0.4) is 0 Å². The van der Waals surface area contributed by atoms with E-state index in [2.05, 4.69) is 4.74 Å². The van der Waals surface area contributed by atoms with E-state index in [0.717, 1.165) is 0 Å². The zero-order chi connectivity index (χ0) is 10.8. The van der Waals surface area contributed by atoms with E-state index in [4.69, 9.17) is 4.74 Å². The second kappa shape index (κ2) is 3.98. The number of carbonyl (C=O) groups is 2. The molecule has 0 bridgehead atoms. The summed E-state index contributed by atoms with van der Waals surface area (Å²) in [6.07, 6.45) is 0.446. The van der Waals surface area contributed by atoms with E-state index < -0.39 is 17.9 Å². The summed E-state index contributed by atoms with van der Waals surface area (Å²) in [5, 5.41) is 0. The highest BCUT2D eigenvalue weighted by molar-refractivity contribution is 5.95. The highest BCUT2D eigenvalue weighted by atomic mass is 16.6. The van der Waals surface area contributed by atoms with Gasteiger partial charge in [0.1, 0.15) is 0 Å². The van der Waals surface area contributed by atoms with Gasteiger partial charge in [0.25, 0.3) is 0 Å². The van der Waals surface area contributed by atoms with Crippen LogP contribution in [0.1, 0.15) is 27.2 Å². The molecular weight excluding hydrogens is 184 g/mol. The minimum absolute atomic E-state index is 0.0713. The standard InChI is InChI=1S/C10H16O4/c1-10(2,3)6-14-9(12)7-4-5-13-8(7)11/h7H,4-6H2,1-3H3. The topological polar surface area (TPSA) is 52.6 Å². The van der Waals surface area contributed by atoms with Crippen LogP contribution in [0.25, 0.3) is 0 Å². The van der Waals surface area contributed by atoms with Crippen molar-refractivity contribution in [2.75, 3.05) is 13.2 Å². The monoisotopic (exact) mass is 200 g/mol. The first-order valence-corrected chi connectivity index (χ1v) is 4.73. The van der Waals surface area contributed by atoms with Crippen molar-refractivity contribution in [2.24, 2.45) is 11.3 Å². The Morgan fingerprint density at radius 2 is 2.21 bits per heavy atom. The molecule has 1 aliphatic heterocycles. The third-order valence-electron chi connectivity index (χ3n) is 1.87. The Bertz CT molecular complexity index is 239. The quantitative estimate of drug-likeness (QED) is 0.495. The van der Waals surface area contributed by atoms with Crippen LogP contribution in [0.15, 0.2) is 0 Å². The van der Waals surface area contributed by atoms with Crippen LogP contribution in [-0.2, 0) is 19.1 Å². The van der Waals surface area contributed by atoms with Crippen molar-refractivity contribution in [3.63, 3.8) is 0 Å². The number of carbonyl (C=O) groups excluding carboxylic acids is 2. The normalized spacial score (nSPS) is 21.9. The Hall–Kier alpha value is -1.06. The van der Waals surface area contributed by atoms with Gasteiger partial charge in [0.15, 0.2) is 5.92 Å². The van der Waals surface area contributed by atoms with Gasteiger partial charge in [-0.1, -0.05) is 20.8 Å². The van der Waals surface area contributed by atoms with Gasteiger partial charge >= 0.3 is 11.9 Å². The van der Waals surface area contributed by atoms with Crippen molar-refractivity contribution >= 4 is 11.9 Å². The fraction of sp³-hybridized carbons (Fsp3) is 0.800. The molecule has 0 aromatic carbocycles. The van der Waals surface area contributed by atoms with Crippen molar-refractivity contribution in [3.8, 4) is 0 Å². The van der Waals surface area contributed by atoms with Crippen LogP contribution >= 0.6 is 0 Å². The molecule has 80 valence electrons. The first-order chi connectivity index (χ1) is 6.40. The molecule has 0 aromatic rings. The molecule has 1 fully saturated rings. The van der Waals surface area contributed by atoms with Crippen molar-refractivity contribution < 1.29 is 19.1 Å². The molecule has 4 heteroatoms. The maximum atomic E-state index is 11.4. The SMILES string of the molecule is CC(C)(C)COC(=O)C1CCOC1=O. The first-order valence-electron chi connectivity index (χ1n) is 4.73. The first kappa shape index (κ1) is 11.0. The van der Waals surface area contributed by atoms with Gasteiger partial charge in [-0.05, 0) is 5.41 Å². The van der Waals surface area contributed by atoms with Crippen LogP contribution in [0.2, 0.25) is 0 Å². The number of ether oxygens (including phenoxy) is 2. The van der Waals surface area contributed by atoms with E-state index >= 15 is 0 Å². The Balaban J connectivity index is 2.39. The lowest BCUT2D eigenvalue weighted by molar-refractivity contribution is -0.157. The van der Waals surface area contributed by atoms with E-state index in [1.54, 1.807) is 0 Å². The third kappa shape index (κ3) is 3.01. The fourth-order valence-electron chi connectivity index (χ4n) is 1.10. The van der Waals surface area contributed by atoms with E-state index in [-0.39, 0.29) is 5.41 Å². The molecule has 1 saturated heterocycles. The molecule has 4 nitrogen and oxygen atoms in total. The third-order valence-corrected chi connectivity index (χ3v) is 1.87. The van der Waals surface area contributed by atoms with Gasteiger partial charge < -0.3 is 9.47 Å². The smallest absolute Gasteiger partial charge is 0.320 e.